The normalized spacial score (nSPS) is 10.5. The third kappa shape index (κ3) is 2.46. The Balaban J connectivity index is 3.59. The standard InChI is InChI=1S/C11H17N3O3/c1-4-5-8-7(6-9(12)15)10(16)14(3)11(17)13(8)2/h4-6H2,1-3H3,(H2,12,15). The number of amides is 1. The fraction of sp³-hybridized carbons (Fsp3) is 0.545. The van der Waals surface area contributed by atoms with Crippen LogP contribution < -0.4 is 17.0 Å². The fourth-order valence-electron chi connectivity index (χ4n) is 1.86. The lowest BCUT2D eigenvalue weighted by molar-refractivity contribution is -0.117. The monoisotopic (exact) mass is 239 g/mol. The van der Waals surface area contributed by atoms with Gasteiger partial charge < -0.3 is 10.3 Å². The summed E-state index contributed by atoms with van der Waals surface area (Å²) in [7, 11) is 2.99. The summed E-state index contributed by atoms with van der Waals surface area (Å²) in [4.78, 5) is 34.6. The molecule has 0 fully saturated rings. The summed E-state index contributed by atoms with van der Waals surface area (Å²) in [6, 6.07) is 0. The van der Waals surface area contributed by atoms with Gasteiger partial charge in [0.1, 0.15) is 0 Å². The van der Waals surface area contributed by atoms with Crippen molar-refractivity contribution in [2.24, 2.45) is 19.8 Å². The van der Waals surface area contributed by atoms with E-state index in [0.717, 1.165) is 11.0 Å². The van der Waals surface area contributed by atoms with Gasteiger partial charge in [0, 0.05) is 25.4 Å². The van der Waals surface area contributed by atoms with Crippen LogP contribution in [0, 0.1) is 0 Å². The van der Waals surface area contributed by atoms with E-state index in [1.807, 2.05) is 6.92 Å². The number of rotatable bonds is 4. The van der Waals surface area contributed by atoms with Crippen molar-refractivity contribution in [1.82, 2.24) is 9.13 Å². The molecule has 6 heteroatoms. The maximum Gasteiger partial charge on any atom is 0.330 e. The SMILES string of the molecule is CCCc1c(CC(N)=O)c(=O)n(C)c(=O)n1C. The second-order valence-corrected chi connectivity index (χ2v) is 4.02. The molecule has 0 atom stereocenters. The van der Waals surface area contributed by atoms with Crippen LogP contribution in [0.1, 0.15) is 24.6 Å². The summed E-state index contributed by atoms with van der Waals surface area (Å²) in [6.45, 7) is 1.94. The quantitative estimate of drug-likeness (QED) is 0.736. The Morgan fingerprint density at radius 1 is 1.24 bits per heavy atom. The summed E-state index contributed by atoms with van der Waals surface area (Å²) in [5.41, 5.74) is 5.22. The van der Waals surface area contributed by atoms with Gasteiger partial charge in [-0.15, -0.1) is 0 Å². The first-order valence-corrected chi connectivity index (χ1v) is 5.46. The number of hydrogen-bond acceptors (Lipinski definition) is 3. The Hall–Kier alpha value is -1.85. The van der Waals surface area contributed by atoms with Crippen LogP contribution in [-0.2, 0) is 31.7 Å². The van der Waals surface area contributed by atoms with Crippen molar-refractivity contribution in [3.05, 3.63) is 32.1 Å². The molecule has 1 amide bonds. The molecule has 0 bridgehead atoms. The lowest BCUT2D eigenvalue weighted by Crippen LogP contribution is -2.42. The van der Waals surface area contributed by atoms with Gasteiger partial charge in [0.2, 0.25) is 5.91 Å². The molecule has 0 unspecified atom stereocenters. The van der Waals surface area contributed by atoms with Crippen molar-refractivity contribution in [2.75, 3.05) is 0 Å². The van der Waals surface area contributed by atoms with E-state index >= 15 is 0 Å². The zero-order valence-electron chi connectivity index (χ0n) is 10.3. The van der Waals surface area contributed by atoms with E-state index in [1.54, 1.807) is 7.05 Å². The first kappa shape index (κ1) is 13.2. The molecular formula is C11H17N3O3. The molecule has 0 spiro atoms. The highest BCUT2D eigenvalue weighted by atomic mass is 16.2. The third-order valence-electron chi connectivity index (χ3n) is 2.73. The van der Waals surface area contributed by atoms with E-state index in [0.29, 0.717) is 17.7 Å². The highest BCUT2D eigenvalue weighted by Gasteiger charge is 2.16. The van der Waals surface area contributed by atoms with Gasteiger partial charge in [0.05, 0.1) is 6.42 Å². The molecular weight excluding hydrogens is 222 g/mol. The second kappa shape index (κ2) is 4.99. The zero-order valence-corrected chi connectivity index (χ0v) is 10.3. The van der Waals surface area contributed by atoms with Crippen LogP contribution in [0.2, 0.25) is 0 Å². The molecule has 94 valence electrons. The maximum atomic E-state index is 11.9. The van der Waals surface area contributed by atoms with Crippen molar-refractivity contribution in [1.29, 1.82) is 0 Å². The van der Waals surface area contributed by atoms with Crippen molar-refractivity contribution in [3.8, 4) is 0 Å². The molecule has 0 aliphatic carbocycles. The molecule has 6 nitrogen and oxygen atoms in total. The van der Waals surface area contributed by atoms with Crippen LogP contribution in [0.3, 0.4) is 0 Å². The molecule has 1 aromatic heterocycles. The molecule has 0 saturated carbocycles. The summed E-state index contributed by atoms with van der Waals surface area (Å²) < 4.78 is 2.40. The number of hydrogen-bond donors (Lipinski definition) is 1. The number of aromatic nitrogens is 2. The highest BCUT2D eigenvalue weighted by molar-refractivity contribution is 5.76. The van der Waals surface area contributed by atoms with E-state index < -0.39 is 11.5 Å². The Bertz CT molecular complexity index is 554. The number of carbonyl (C=O) groups is 1. The largest absolute Gasteiger partial charge is 0.369 e. The lowest BCUT2D eigenvalue weighted by atomic mass is 10.1. The van der Waals surface area contributed by atoms with Crippen molar-refractivity contribution in [2.45, 2.75) is 26.2 Å². The first-order valence-electron chi connectivity index (χ1n) is 5.46. The van der Waals surface area contributed by atoms with E-state index in [-0.39, 0.29) is 12.1 Å². The minimum absolute atomic E-state index is 0.129. The van der Waals surface area contributed by atoms with E-state index in [1.165, 1.54) is 11.6 Å². The van der Waals surface area contributed by atoms with Crippen LogP contribution in [-0.4, -0.2) is 15.0 Å². The second-order valence-electron chi connectivity index (χ2n) is 4.02. The minimum atomic E-state index is -0.571. The fourth-order valence-corrected chi connectivity index (χ4v) is 1.86. The molecule has 0 aromatic carbocycles. The third-order valence-corrected chi connectivity index (χ3v) is 2.73. The molecule has 1 aromatic rings. The maximum absolute atomic E-state index is 11.9. The van der Waals surface area contributed by atoms with E-state index in [9.17, 15) is 14.4 Å². The van der Waals surface area contributed by atoms with Gasteiger partial charge in [-0.1, -0.05) is 13.3 Å². The number of nitrogens with zero attached hydrogens (tertiary/aromatic N) is 2. The molecule has 1 rings (SSSR count). The first-order chi connectivity index (χ1) is 7.90. The van der Waals surface area contributed by atoms with Gasteiger partial charge in [0.25, 0.3) is 5.56 Å². The number of primary amides is 1. The molecule has 2 N–H and O–H groups in total. The van der Waals surface area contributed by atoms with Gasteiger partial charge in [-0.2, -0.15) is 0 Å². The van der Waals surface area contributed by atoms with Crippen molar-refractivity contribution >= 4 is 5.91 Å². The molecule has 0 radical (unpaired) electrons. The number of carbonyl (C=O) groups excluding carboxylic acids is 1. The van der Waals surface area contributed by atoms with Gasteiger partial charge in [-0.05, 0) is 6.42 Å². The van der Waals surface area contributed by atoms with E-state index in [2.05, 4.69) is 0 Å². The van der Waals surface area contributed by atoms with E-state index in [4.69, 9.17) is 5.73 Å². The van der Waals surface area contributed by atoms with Gasteiger partial charge in [0.15, 0.2) is 0 Å². The Morgan fingerprint density at radius 2 is 1.82 bits per heavy atom. The zero-order chi connectivity index (χ0) is 13.2. The lowest BCUT2D eigenvalue weighted by Gasteiger charge is -2.13. The van der Waals surface area contributed by atoms with Crippen LogP contribution in [0.4, 0.5) is 0 Å². The molecule has 17 heavy (non-hydrogen) atoms. The Kier molecular flexibility index (Phi) is 3.88. The van der Waals surface area contributed by atoms with Gasteiger partial charge in [-0.3, -0.25) is 14.2 Å². The summed E-state index contributed by atoms with van der Waals surface area (Å²) in [5.74, 6) is -0.571. The van der Waals surface area contributed by atoms with Crippen LogP contribution in [0.25, 0.3) is 0 Å². The number of nitrogens with two attached hydrogens (primary N) is 1. The summed E-state index contributed by atoms with van der Waals surface area (Å²) in [5, 5.41) is 0. The molecule has 1 heterocycles. The van der Waals surface area contributed by atoms with Crippen molar-refractivity contribution < 1.29 is 4.79 Å². The minimum Gasteiger partial charge on any atom is -0.369 e. The molecule has 0 aliphatic heterocycles. The van der Waals surface area contributed by atoms with Crippen molar-refractivity contribution in [3.63, 3.8) is 0 Å². The Morgan fingerprint density at radius 3 is 2.29 bits per heavy atom. The predicted octanol–water partition coefficient (Wildman–Crippen LogP) is -0.936. The predicted molar refractivity (Wildman–Crippen MR) is 63.8 cm³/mol. The summed E-state index contributed by atoms with van der Waals surface area (Å²) >= 11 is 0. The van der Waals surface area contributed by atoms with Crippen LogP contribution in [0.5, 0.6) is 0 Å². The highest BCUT2D eigenvalue weighted by Crippen LogP contribution is 2.05. The average molecular weight is 239 g/mol. The topological polar surface area (TPSA) is 87.1 Å². The smallest absolute Gasteiger partial charge is 0.330 e. The van der Waals surface area contributed by atoms with Gasteiger partial charge in [-0.25, -0.2) is 4.79 Å². The Labute approximate surface area is 98.7 Å². The summed E-state index contributed by atoms with van der Waals surface area (Å²) in [6.07, 6.45) is 1.23. The van der Waals surface area contributed by atoms with Crippen LogP contribution in [0.15, 0.2) is 9.59 Å². The average Bonchev–Trinajstić information content (AvgIpc) is 2.28. The molecule has 0 aliphatic rings. The van der Waals surface area contributed by atoms with Gasteiger partial charge >= 0.3 is 5.69 Å². The molecule has 0 saturated heterocycles. The van der Waals surface area contributed by atoms with Crippen LogP contribution >= 0.6 is 0 Å².